The van der Waals surface area contributed by atoms with Gasteiger partial charge in [0.15, 0.2) is 0 Å². The zero-order valence-corrected chi connectivity index (χ0v) is 19.1. The van der Waals surface area contributed by atoms with E-state index in [1.807, 2.05) is 0 Å². The van der Waals surface area contributed by atoms with E-state index in [4.69, 9.17) is 18.9 Å². The van der Waals surface area contributed by atoms with Crippen LogP contribution in [0, 0.1) is 0 Å². The number of carbonyl (C=O) groups is 1. The van der Waals surface area contributed by atoms with E-state index in [2.05, 4.69) is 11.7 Å². The second-order valence-corrected chi connectivity index (χ2v) is 7.31. The van der Waals surface area contributed by atoms with Gasteiger partial charge in [0.1, 0.15) is 0 Å². The summed E-state index contributed by atoms with van der Waals surface area (Å²) >= 11 is 0. The third-order valence-electron chi connectivity index (χ3n) is 4.66. The van der Waals surface area contributed by atoms with E-state index in [9.17, 15) is 4.79 Å². The van der Waals surface area contributed by atoms with Crippen LogP contribution in [0.4, 0.5) is 0 Å². The summed E-state index contributed by atoms with van der Waals surface area (Å²) in [7, 11) is 1.39. The van der Waals surface area contributed by atoms with Gasteiger partial charge in [-0.25, -0.2) is 0 Å². The zero-order valence-electron chi connectivity index (χ0n) is 19.1. The minimum absolute atomic E-state index is 0.200. The standard InChI is InChI=1S/C23H46O6/c1-3-4-5-6-7-8-9-10-11-12-15-26-17-19-28-21-22-29-20-18-27-16-13-14-23(24)25-2/h3-22H2,1-2H3. The van der Waals surface area contributed by atoms with Crippen LogP contribution in [0.25, 0.3) is 0 Å². The van der Waals surface area contributed by atoms with Gasteiger partial charge in [-0.3, -0.25) is 4.79 Å². The van der Waals surface area contributed by atoms with Crippen LogP contribution >= 0.6 is 0 Å². The van der Waals surface area contributed by atoms with Gasteiger partial charge in [-0.2, -0.15) is 0 Å². The molecule has 174 valence electrons. The number of carbonyl (C=O) groups excluding carboxylic acids is 1. The van der Waals surface area contributed by atoms with Crippen molar-refractivity contribution in [2.24, 2.45) is 0 Å². The van der Waals surface area contributed by atoms with Gasteiger partial charge in [-0.15, -0.1) is 0 Å². The first-order valence-corrected chi connectivity index (χ1v) is 11.7. The fraction of sp³-hybridized carbons (Fsp3) is 0.957. The van der Waals surface area contributed by atoms with Crippen LogP contribution in [-0.2, 0) is 28.5 Å². The van der Waals surface area contributed by atoms with Crippen LogP contribution < -0.4 is 0 Å². The Hall–Kier alpha value is -0.690. The van der Waals surface area contributed by atoms with Gasteiger partial charge in [0.25, 0.3) is 0 Å². The van der Waals surface area contributed by atoms with E-state index < -0.39 is 0 Å². The molecule has 0 aliphatic heterocycles. The van der Waals surface area contributed by atoms with Crippen LogP contribution in [0.5, 0.6) is 0 Å². The highest BCUT2D eigenvalue weighted by molar-refractivity contribution is 5.68. The lowest BCUT2D eigenvalue weighted by atomic mass is 10.1. The predicted molar refractivity (Wildman–Crippen MR) is 116 cm³/mol. The highest BCUT2D eigenvalue weighted by Crippen LogP contribution is 2.10. The highest BCUT2D eigenvalue weighted by atomic mass is 16.6. The minimum atomic E-state index is -0.200. The first-order valence-electron chi connectivity index (χ1n) is 11.7. The Morgan fingerprint density at radius 3 is 1.34 bits per heavy atom. The van der Waals surface area contributed by atoms with E-state index >= 15 is 0 Å². The summed E-state index contributed by atoms with van der Waals surface area (Å²) in [5.74, 6) is -0.200. The van der Waals surface area contributed by atoms with Crippen LogP contribution in [0.3, 0.4) is 0 Å². The van der Waals surface area contributed by atoms with E-state index in [-0.39, 0.29) is 5.97 Å². The molecule has 6 heteroatoms. The molecule has 0 fully saturated rings. The quantitative estimate of drug-likeness (QED) is 0.164. The number of esters is 1. The van der Waals surface area contributed by atoms with Crippen LogP contribution in [0.1, 0.15) is 84.0 Å². The molecule has 0 rings (SSSR count). The van der Waals surface area contributed by atoms with Gasteiger partial charge in [-0.1, -0.05) is 64.7 Å². The Bertz CT molecular complexity index is 324. The van der Waals surface area contributed by atoms with E-state index in [1.54, 1.807) is 0 Å². The second-order valence-electron chi connectivity index (χ2n) is 7.31. The van der Waals surface area contributed by atoms with Crippen LogP contribution in [0.15, 0.2) is 0 Å². The number of methoxy groups -OCH3 is 1. The Kier molecular flexibility index (Phi) is 24.7. The van der Waals surface area contributed by atoms with Gasteiger partial charge in [-0.05, 0) is 12.8 Å². The lowest BCUT2D eigenvalue weighted by Gasteiger charge is -2.07. The number of ether oxygens (including phenoxy) is 5. The molecule has 6 nitrogen and oxygen atoms in total. The molecular formula is C23H46O6. The lowest BCUT2D eigenvalue weighted by molar-refractivity contribution is -0.141. The van der Waals surface area contributed by atoms with Gasteiger partial charge in [0.05, 0.1) is 46.8 Å². The summed E-state index contributed by atoms with van der Waals surface area (Å²) in [4.78, 5) is 10.9. The van der Waals surface area contributed by atoms with Crippen molar-refractivity contribution < 1.29 is 28.5 Å². The summed E-state index contributed by atoms with van der Waals surface area (Å²) < 4.78 is 26.4. The molecule has 0 aliphatic carbocycles. The number of unbranched alkanes of at least 4 members (excludes halogenated alkanes) is 9. The van der Waals surface area contributed by atoms with Gasteiger partial charge < -0.3 is 23.7 Å². The van der Waals surface area contributed by atoms with E-state index in [1.165, 1.54) is 64.9 Å². The Balaban J connectivity index is 3.01. The molecule has 0 aromatic carbocycles. The van der Waals surface area contributed by atoms with Crippen molar-refractivity contribution in [2.45, 2.75) is 84.0 Å². The van der Waals surface area contributed by atoms with Crippen molar-refractivity contribution >= 4 is 5.97 Å². The second kappa shape index (κ2) is 25.3. The Morgan fingerprint density at radius 1 is 0.517 bits per heavy atom. The number of hydrogen-bond acceptors (Lipinski definition) is 6. The SMILES string of the molecule is CCCCCCCCCCCCOCCOCCOCCOCCCC(=O)OC. The monoisotopic (exact) mass is 418 g/mol. The van der Waals surface area contributed by atoms with Gasteiger partial charge in [0, 0.05) is 19.6 Å². The maximum atomic E-state index is 10.9. The topological polar surface area (TPSA) is 63.2 Å². The van der Waals surface area contributed by atoms with Crippen molar-refractivity contribution in [2.75, 3.05) is 60.0 Å². The van der Waals surface area contributed by atoms with Crippen molar-refractivity contribution in [3.8, 4) is 0 Å². The zero-order chi connectivity index (χ0) is 21.3. The van der Waals surface area contributed by atoms with Gasteiger partial charge >= 0.3 is 5.97 Å². The molecule has 0 aromatic heterocycles. The summed E-state index contributed by atoms with van der Waals surface area (Å²) in [6.07, 6.45) is 14.5. The lowest BCUT2D eigenvalue weighted by Crippen LogP contribution is -2.12. The first kappa shape index (κ1) is 28.3. The molecule has 0 saturated carbocycles. The smallest absolute Gasteiger partial charge is 0.305 e. The van der Waals surface area contributed by atoms with Crippen molar-refractivity contribution in [3.05, 3.63) is 0 Å². The molecule has 0 spiro atoms. The average molecular weight is 419 g/mol. The summed E-state index contributed by atoms with van der Waals surface area (Å²) in [5, 5.41) is 0. The number of rotatable bonds is 24. The predicted octanol–water partition coefficient (Wildman–Crippen LogP) is 4.93. The molecule has 0 bridgehead atoms. The molecule has 0 radical (unpaired) electrons. The summed E-state index contributed by atoms with van der Waals surface area (Å²) in [5.41, 5.74) is 0. The normalized spacial score (nSPS) is 11.1. The molecule has 0 amide bonds. The highest BCUT2D eigenvalue weighted by Gasteiger charge is 1.99. The molecule has 0 heterocycles. The molecule has 0 atom stereocenters. The minimum Gasteiger partial charge on any atom is -0.469 e. The molecule has 0 unspecified atom stereocenters. The van der Waals surface area contributed by atoms with Crippen molar-refractivity contribution in [1.29, 1.82) is 0 Å². The fourth-order valence-corrected chi connectivity index (χ4v) is 2.87. The van der Waals surface area contributed by atoms with E-state index in [0.717, 1.165) is 13.0 Å². The van der Waals surface area contributed by atoms with Crippen molar-refractivity contribution in [1.82, 2.24) is 0 Å². The maximum Gasteiger partial charge on any atom is 0.305 e. The third kappa shape index (κ3) is 25.3. The average Bonchev–Trinajstić information content (AvgIpc) is 2.74. The first-order chi connectivity index (χ1) is 14.3. The summed E-state index contributed by atoms with van der Waals surface area (Å²) in [6.45, 7) is 7.12. The Labute approximate surface area is 178 Å². The molecule has 0 aliphatic rings. The molecular weight excluding hydrogens is 372 g/mol. The fourth-order valence-electron chi connectivity index (χ4n) is 2.87. The number of hydrogen-bond donors (Lipinski definition) is 0. The van der Waals surface area contributed by atoms with E-state index in [0.29, 0.717) is 59.1 Å². The summed E-state index contributed by atoms with van der Waals surface area (Å²) in [6, 6.07) is 0. The third-order valence-corrected chi connectivity index (χ3v) is 4.66. The Morgan fingerprint density at radius 2 is 0.897 bits per heavy atom. The largest absolute Gasteiger partial charge is 0.469 e. The van der Waals surface area contributed by atoms with Gasteiger partial charge in [0.2, 0.25) is 0 Å². The van der Waals surface area contributed by atoms with Crippen LogP contribution in [-0.4, -0.2) is 65.9 Å². The van der Waals surface area contributed by atoms with Crippen molar-refractivity contribution in [3.63, 3.8) is 0 Å². The molecule has 0 saturated heterocycles. The molecule has 0 aromatic rings. The maximum absolute atomic E-state index is 10.9. The van der Waals surface area contributed by atoms with Crippen LogP contribution in [0.2, 0.25) is 0 Å². The molecule has 29 heavy (non-hydrogen) atoms. The molecule has 0 N–H and O–H groups in total.